The summed E-state index contributed by atoms with van der Waals surface area (Å²) in [7, 11) is 0. The number of hydrogen-bond acceptors (Lipinski definition) is 6. The van der Waals surface area contributed by atoms with Crippen molar-refractivity contribution < 1.29 is 19.0 Å². The molecule has 1 aromatic carbocycles. The molecule has 2 N–H and O–H groups in total. The van der Waals surface area contributed by atoms with Crippen LogP contribution in [0.5, 0.6) is 11.5 Å². The van der Waals surface area contributed by atoms with Gasteiger partial charge in [0.25, 0.3) is 5.91 Å². The maximum atomic E-state index is 12.3. The predicted octanol–water partition coefficient (Wildman–Crippen LogP) is 2.33. The van der Waals surface area contributed by atoms with Crippen molar-refractivity contribution in [2.75, 3.05) is 25.3 Å². The lowest BCUT2D eigenvalue weighted by molar-refractivity contribution is 0.0946. The molecule has 0 saturated carbocycles. The van der Waals surface area contributed by atoms with E-state index in [2.05, 4.69) is 15.6 Å². The van der Waals surface area contributed by atoms with Crippen LogP contribution in [0.15, 0.2) is 36.5 Å². The van der Waals surface area contributed by atoms with Gasteiger partial charge in [0.1, 0.15) is 5.69 Å². The van der Waals surface area contributed by atoms with Crippen molar-refractivity contribution in [1.29, 1.82) is 0 Å². The summed E-state index contributed by atoms with van der Waals surface area (Å²) in [6.45, 7) is 2.24. The summed E-state index contributed by atoms with van der Waals surface area (Å²) in [6, 6.07) is 9.19. The highest BCUT2D eigenvalue weighted by Crippen LogP contribution is 2.32. The molecule has 7 heteroatoms. The van der Waals surface area contributed by atoms with Crippen LogP contribution in [-0.2, 0) is 11.3 Å². The van der Waals surface area contributed by atoms with Crippen molar-refractivity contribution in [1.82, 2.24) is 10.3 Å². The first-order valence-corrected chi connectivity index (χ1v) is 8.76. The molecule has 1 amide bonds. The largest absolute Gasteiger partial charge is 0.454 e. The molecule has 0 bridgehead atoms. The molecule has 2 aliphatic rings. The number of nitrogens with zero attached hydrogens (tertiary/aromatic N) is 1. The van der Waals surface area contributed by atoms with Crippen LogP contribution < -0.4 is 20.1 Å². The van der Waals surface area contributed by atoms with Gasteiger partial charge < -0.3 is 24.8 Å². The minimum Gasteiger partial charge on any atom is -0.454 e. The normalized spacial score (nSPS) is 17.9. The molecule has 1 fully saturated rings. The molecule has 0 spiro atoms. The average Bonchev–Trinajstić information content (AvgIpc) is 3.36. The van der Waals surface area contributed by atoms with Crippen LogP contribution in [0.4, 0.5) is 5.69 Å². The molecule has 0 radical (unpaired) electrons. The summed E-state index contributed by atoms with van der Waals surface area (Å²) in [5.41, 5.74) is 2.21. The average molecular weight is 355 g/mol. The third kappa shape index (κ3) is 3.88. The van der Waals surface area contributed by atoms with Crippen molar-refractivity contribution >= 4 is 11.6 Å². The maximum Gasteiger partial charge on any atom is 0.270 e. The monoisotopic (exact) mass is 355 g/mol. The first-order valence-electron chi connectivity index (χ1n) is 8.76. The highest BCUT2D eigenvalue weighted by molar-refractivity contribution is 5.92. The van der Waals surface area contributed by atoms with Gasteiger partial charge in [-0.15, -0.1) is 0 Å². The number of rotatable bonds is 6. The summed E-state index contributed by atoms with van der Waals surface area (Å²) in [6.07, 6.45) is 4.14. The van der Waals surface area contributed by atoms with E-state index < -0.39 is 0 Å². The van der Waals surface area contributed by atoms with Crippen LogP contribution in [0, 0.1) is 0 Å². The number of ether oxygens (including phenoxy) is 3. The standard InChI is InChI=1S/C19H21N3O4/c23-19(22-9-13-3-6-17-18(8-13)26-12-25-17)16-5-4-14(10-21-16)20-11-15-2-1-7-24-15/h3-6,8,10,15,20H,1-2,7,9,11-12H2,(H,22,23). The third-order valence-electron chi connectivity index (χ3n) is 4.44. The van der Waals surface area contributed by atoms with E-state index in [1.165, 1.54) is 0 Å². The summed E-state index contributed by atoms with van der Waals surface area (Å²) < 4.78 is 16.2. The van der Waals surface area contributed by atoms with E-state index in [0.29, 0.717) is 18.0 Å². The Hall–Kier alpha value is -2.80. The van der Waals surface area contributed by atoms with Gasteiger partial charge in [0.15, 0.2) is 11.5 Å². The Morgan fingerprint density at radius 1 is 1.19 bits per heavy atom. The summed E-state index contributed by atoms with van der Waals surface area (Å²) in [5, 5.41) is 6.15. The lowest BCUT2D eigenvalue weighted by Gasteiger charge is -2.12. The number of carbonyl (C=O) groups is 1. The van der Waals surface area contributed by atoms with Gasteiger partial charge in [-0.05, 0) is 42.7 Å². The van der Waals surface area contributed by atoms with Gasteiger partial charge in [-0.2, -0.15) is 0 Å². The highest BCUT2D eigenvalue weighted by atomic mass is 16.7. The fourth-order valence-corrected chi connectivity index (χ4v) is 2.99. The fourth-order valence-electron chi connectivity index (χ4n) is 2.99. The quantitative estimate of drug-likeness (QED) is 0.828. The lowest BCUT2D eigenvalue weighted by Crippen LogP contribution is -2.24. The maximum absolute atomic E-state index is 12.3. The SMILES string of the molecule is O=C(NCc1ccc2c(c1)OCO2)c1ccc(NCC2CCCO2)cn1. The molecule has 7 nitrogen and oxygen atoms in total. The van der Waals surface area contributed by atoms with Crippen LogP contribution in [0.3, 0.4) is 0 Å². The molecule has 4 rings (SSSR count). The number of amides is 1. The van der Waals surface area contributed by atoms with E-state index in [0.717, 1.165) is 43.0 Å². The van der Waals surface area contributed by atoms with E-state index in [4.69, 9.17) is 14.2 Å². The molecule has 26 heavy (non-hydrogen) atoms. The minimum absolute atomic E-state index is 0.214. The van der Waals surface area contributed by atoms with Crippen molar-refractivity contribution in [3.05, 3.63) is 47.8 Å². The van der Waals surface area contributed by atoms with Gasteiger partial charge in [0, 0.05) is 19.7 Å². The van der Waals surface area contributed by atoms with Crippen molar-refractivity contribution in [3.8, 4) is 11.5 Å². The molecule has 136 valence electrons. The second kappa shape index (κ2) is 7.61. The Morgan fingerprint density at radius 2 is 2.12 bits per heavy atom. The number of anilines is 1. The molecule has 2 aromatic rings. The molecule has 1 unspecified atom stereocenters. The smallest absolute Gasteiger partial charge is 0.270 e. The van der Waals surface area contributed by atoms with E-state index in [9.17, 15) is 4.79 Å². The van der Waals surface area contributed by atoms with Crippen molar-refractivity contribution in [2.24, 2.45) is 0 Å². The summed E-state index contributed by atoms with van der Waals surface area (Å²) in [4.78, 5) is 16.5. The van der Waals surface area contributed by atoms with Gasteiger partial charge in [0.2, 0.25) is 6.79 Å². The molecule has 1 aromatic heterocycles. The zero-order chi connectivity index (χ0) is 17.8. The van der Waals surface area contributed by atoms with Crippen LogP contribution >= 0.6 is 0 Å². The molecule has 2 aliphatic heterocycles. The number of pyridine rings is 1. The summed E-state index contributed by atoms with van der Waals surface area (Å²) in [5.74, 6) is 1.22. The molecule has 3 heterocycles. The topological polar surface area (TPSA) is 81.7 Å². The van der Waals surface area contributed by atoms with Crippen LogP contribution in [0.2, 0.25) is 0 Å². The van der Waals surface area contributed by atoms with Gasteiger partial charge in [0.05, 0.1) is 18.0 Å². The number of nitrogens with one attached hydrogen (secondary N) is 2. The first kappa shape index (κ1) is 16.7. The number of carbonyl (C=O) groups excluding carboxylic acids is 1. The van der Waals surface area contributed by atoms with E-state index >= 15 is 0 Å². The van der Waals surface area contributed by atoms with E-state index in [-0.39, 0.29) is 18.8 Å². The van der Waals surface area contributed by atoms with Gasteiger partial charge >= 0.3 is 0 Å². The zero-order valence-electron chi connectivity index (χ0n) is 14.4. The van der Waals surface area contributed by atoms with Gasteiger partial charge in [-0.3, -0.25) is 4.79 Å². The molecule has 0 aliphatic carbocycles. The van der Waals surface area contributed by atoms with Crippen LogP contribution in [-0.4, -0.2) is 36.9 Å². The molecular formula is C19H21N3O4. The highest BCUT2D eigenvalue weighted by Gasteiger charge is 2.16. The predicted molar refractivity (Wildman–Crippen MR) is 95.4 cm³/mol. The molecular weight excluding hydrogens is 334 g/mol. The summed E-state index contributed by atoms with van der Waals surface area (Å²) >= 11 is 0. The first-order chi connectivity index (χ1) is 12.8. The zero-order valence-corrected chi connectivity index (χ0v) is 14.4. The van der Waals surface area contributed by atoms with Gasteiger partial charge in [-0.25, -0.2) is 4.98 Å². The Morgan fingerprint density at radius 3 is 2.92 bits per heavy atom. The Kier molecular flexibility index (Phi) is 4.88. The minimum atomic E-state index is -0.214. The van der Waals surface area contributed by atoms with Crippen LogP contribution in [0.25, 0.3) is 0 Å². The Labute approximate surface area is 151 Å². The second-order valence-corrected chi connectivity index (χ2v) is 6.32. The fraction of sp³-hybridized carbons (Fsp3) is 0.368. The second-order valence-electron chi connectivity index (χ2n) is 6.32. The number of benzene rings is 1. The van der Waals surface area contributed by atoms with Gasteiger partial charge in [-0.1, -0.05) is 6.07 Å². The van der Waals surface area contributed by atoms with Crippen molar-refractivity contribution in [2.45, 2.75) is 25.5 Å². The third-order valence-corrected chi connectivity index (χ3v) is 4.44. The Bertz CT molecular complexity index is 773. The van der Waals surface area contributed by atoms with E-state index in [1.807, 2.05) is 24.3 Å². The molecule has 1 atom stereocenters. The van der Waals surface area contributed by atoms with Crippen molar-refractivity contribution in [3.63, 3.8) is 0 Å². The van der Waals surface area contributed by atoms with E-state index in [1.54, 1.807) is 12.3 Å². The number of fused-ring (bicyclic) bond motifs is 1. The van der Waals surface area contributed by atoms with Crippen LogP contribution in [0.1, 0.15) is 28.9 Å². The Balaban J connectivity index is 1.28. The number of aromatic nitrogens is 1. The lowest BCUT2D eigenvalue weighted by atomic mass is 10.2. The molecule has 1 saturated heterocycles. The number of hydrogen-bond donors (Lipinski definition) is 2.